The van der Waals surface area contributed by atoms with Crippen LogP contribution in [0, 0.1) is 10.1 Å². The van der Waals surface area contributed by atoms with Gasteiger partial charge in [-0.05, 0) is 30.3 Å². The molecule has 9 heteroatoms. The summed E-state index contributed by atoms with van der Waals surface area (Å²) in [6.45, 7) is 2.44. The predicted molar refractivity (Wildman–Crippen MR) is 109 cm³/mol. The Morgan fingerprint density at radius 1 is 1.00 bits per heavy atom. The molecule has 29 heavy (non-hydrogen) atoms. The Bertz CT molecular complexity index is 995. The van der Waals surface area contributed by atoms with Crippen molar-refractivity contribution in [2.45, 2.75) is 0 Å². The molecule has 1 fully saturated rings. The maximum atomic E-state index is 12.7. The summed E-state index contributed by atoms with van der Waals surface area (Å²) in [5, 5.41) is 18.0. The zero-order valence-electron chi connectivity index (χ0n) is 15.6. The lowest BCUT2D eigenvalue weighted by molar-refractivity contribution is -0.384. The normalized spacial score (nSPS) is 13.9. The summed E-state index contributed by atoms with van der Waals surface area (Å²) in [5.74, 6) is 0. The van der Waals surface area contributed by atoms with Gasteiger partial charge in [-0.15, -0.1) is 0 Å². The molecule has 0 radical (unpaired) electrons. The lowest BCUT2D eigenvalue weighted by atomic mass is 10.2. The largest absolute Gasteiger partial charge is 0.368 e. The van der Waals surface area contributed by atoms with E-state index < -0.39 is 4.92 Å². The molecule has 1 saturated heterocycles. The molecule has 9 nitrogen and oxygen atoms in total. The number of para-hydroxylation sites is 2. The molecular weight excluding hydrogens is 372 g/mol. The molecule has 1 aromatic heterocycles. The van der Waals surface area contributed by atoms with Crippen LogP contribution in [0.1, 0.15) is 0 Å². The molecule has 148 valence electrons. The van der Waals surface area contributed by atoms with Crippen molar-refractivity contribution in [3.8, 4) is 5.69 Å². The number of hydrogen-bond donors (Lipinski definition) is 1. The number of urea groups is 1. The fourth-order valence-electron chi connectivity index (χ4n) is 3.34. The van der Waals surface area contributed by atoms with Crippen molar-refractivity contribution in [1.82, 2.24) is 14.7 Å². The lowest BCUT2D eigenvalue weighted by Gasteiger charge is -2.36. The molecule has 0 saturated carbocycles. The number of nitrogens with one attached hydrogen (secondary N) is 1. The number of piperazine rings is 1. The van der Waals surface area contributed by atoms with Gasteiger partial charge in [0, 0.05) is 56.4 Å². The van der Waals surface area contributed by atoms with Crippen LogP contribution in [-0.2, 0) is 0 Å². The van der Waals surface area contributed by atoms with Gasteiger partial charge in [0.05, 0.1) is 16.3 Å². The van der Waals surface area contributed by atoms with Crippen LogP contribution in [0.5, 0.6) is 0 Å². The summed E-state index contributed by atoms with van der Waals surface area (Å²) < 4.78 is 1.71. The zero-order chi connectivity index (χ0) is 20.2. The Labute approximate surface area is 167 Å². The Morgan fingerprint density at radius 3 is 2.38 bits per heavy atom. The highest BCUT2D eigenvalue weighted by Gasteiger charge is 2.22. The van der Waals surface area contributed by atoms with Gasteiger partial charge in [-0.2, -0.15) is 5.10 Å². The first kappa shape index (κ1) is 18.5. The minimum atomic E-state index is -0.410. The van der Waals surface area contributed by atoms with Gasteiger partial charge < -0.3 is 15.1 Å². The van der Waals surface area contributed by atoms with E-state index in [0.29, 0.717) is 31.9 Å². The molecule has 4 rings (SSSR count). The second kappa shape index (κ2) is 8.01. The van der Waals surface area contributed by atoms with E-state index in [1.54, 1.807) is 27.9 Å². The predicted octanol–water partition coefficient (Wildman–Crippen LogP) is 3.13. The van der Waals surface area contributed by atoms with Crippen molar-refractivity contribution in [2.75, 3.05) is 36.4 Å². The molecule has 0 atom stereocenters. The van der Waals surface area contributed by atoms with E-state index >= 15 is 0 Å². The van der Waals surface area contributed by atoms with Crippen LogP contribution in [0.3, 0.4) is 0 Å². The van der Waals surface area contributed by atoms with Crippen LogP contribution in [0.2, 0.25) is 0 Å². The van der Waals surface area contributed by atoms with E-state index in [9.17, 15) is 14.9 Å². The fourth-order valence-corrected chi connectivity index (χ4v) is 3.34. The Balaban J connectivity index is 1.38. The minimum Gasteiger partial charge on any atom is -0.368 e. The number of nitrogens with zero attached hydrogens (tertiary/aromatic N) is 5. The van der Waals surface area contributed by atoms with E-state index in [1.165, 1.54) is 12.1 Å². The Hall–Kier alpha value is -3.88. The van der Waals surface area contributed by atoms with Gasteiger partial charge in [-0.3, -0.25) is 10.1 Å². The molecule has 2 amide bonds. The van der Waals surface area contributed by atoms with E-state index in [-0.39, 0.29) is 11.7 Å². The molecule has 0 unspecified atom stereocenters. The van der Waals surface area contributed by atoms with Crippen molar-refractivity contribution in [2.24, 2.45) is 0 Å². The number of benzene rings is 2. The minimum absolute atomic E-state index is 0.0719. The molecule has 1 N–H and O–H groups in total. The highest BCUT2D eigenvalue weighted by atomic mass is 16.6. The second-order valence-electron chi connectivity index (χ2n) is 6.65. The van der Waals surface area contributed by atoms with Crippen molar-refractivity contribution < 1.29 is 9.72 Å². The van der Waals surface area contributed by atoms with E-state index in [2.05, 4.69) is 15.3 Å². The smallest absolute Gasteiger partial charge is 0.322 e. The maximum Gasteiger partial charge on any atom is 0.322 e. The third-order valence-electron chi connectivity index (χ3n) is 4.89. The number of amides is 2. The third kappa shape index (κ3) is 4.03. The molecule has 2 heterocycles. The lowest BCUT2D eigenvalue weighted by Crippen LogP contribution is -2.50. The first-order chi connectivity index (χ1) is 14.1. The van der Waals surface area contributed by atoms with Crippen LogP contribution in [0.15, 0.2) is 67.0 Å². The van der Waals surface area contributed by atoms with Crippen molar-refractivity contribution in [3.05, 3.63) is 77.1 Å². The highest BCUT2D eigenvalue weighted by Crippen LogP contribution is 2.22. The van der Waals surface area contributed by atoms with Crippen molar-refractivity contribution in [3.63, 3.8) is 0 Å². The number of anilines is 2. The second-order valence-corrected chi connectivity index (χ2v) is 6.65. The number of non-ortho nitro benzene ring substituents is 1. The topological polar surface area (TPSA) is 96.5 Å². The first-order valence-corrected chi connectivity index (χ1v) is 9.26. The number of nitro groups is 1. The van der Waals surface area contributed by atoms with Crippen LogP contribution >= 0.6 is 0 Å². The summed E-state index contributed by atoms with van der Waals surface area (Å²) in [4.78, 5) is 27.0. The van der Waals surface area contributed by atoms with E-state index in [4.69, 9.17) is 0 Å². The number of carbonyl (C=O) groups is 1. The average molecular weight is 392 g/mol. The summed E-state index contributed by atoms with van der Waals surface area (Å²) in [7, 11) is 0. The number of carbonyl (C=O) groups excluding carboxylic acids is 1. The zero-order valence-corrected chi connectivity index (χ0v) is 15.6. The van der Waals surface area contributed by atoms with Gasteiger partial charge in [-0.25, -0.2) is 9.48 Å². The van der Waals surface area contributed by atoms with E-state index in [0.717, 1.165) is 11.4 Å². The molecular formula is C20H20N6O3. The van der Waals surface area contributed by atoms with Crippen LogP contribution in [-0.4, -0.2) is 51.8 Å². The van der Waals surface area contributed by atoms with Gasteiger partial charge in [0.25, 0.3) is 5.69 Å². The highest BCUT2D eigenvalue weighted by molar-refractivity contribution is 5.91. The third-order valence-corrected chi connectivity index (χ3v) is 4.89. The molecule has 1 aliphatic rings. The maximum absolute atomic E-state index is 12.7. The van der Waals surface area contributed by atoms with Gasteiger partial charge in [-0.1, -0.05) is 12.1 Å². The molecule has 0 spiro atoms. The number of nitro benzene ring substituents is 1. The van der Waals surface area contributed by atoms with Crippen LogP contribution in [0.4, 0.5) is 21.9 Å². The summed E-state index contributed by atoms with van der Waals surface area (Å²) in [5.41, 5.74) is 2.48. The number of hydrogen-bond acceptors (Lipinski definition) is 5. The Morgan fingerprint density at radius 2 is 1.72 bits per heavy atom. The fraction of sp³-hybridized carbons (Fsp3) is 0.200. The quantitative estimate of drug-likeness (QED) is 0.543. The summed E-state index contributed by atoms with van der Waals surface area (Å²) in [6.07, 6.45) is 3.52. The number of aromatic nitrogens is 2. The van der Waals surface area contributed by atoms with Crippen LogP contribution < -0.4 is 10.2 Å². The molecule has 3 aromatic rings. The van der Waals surface area contributed by atoms with Gasteiger partial charge >= 0.3 is 6.03 Å². The van der Waals surface area contributed by atoms with Crippen molar-refractivity contribution >= 4 is 23.1 Å². The van der Waals surface area contributed by atoms with Gasteiger partial charge in [0.15, 0.2) is 0 Å². The monoisotopic (exact) mass is 392 g/mol. The van der Waals surface area contributed by atoms with Gasteiger partial charge in [0.1, 0.15) is 0 Å². The molecule has 2 aromatic carbocycles. The van der Waals surface area contributed by atoms with E-state index in [1.807, 2.05) is 36.5 Å². The van der Waals surface area contributed by atoms with Crippen molar-refractivity contribution in [1.29, 1.82) is 0 Å². The Kier molecular flexibility index (Phi) is 5.10. The SMILES string of the molecule is O=C(Nc1ccccc1-n1cccn1)N1CCN(c2ccc([N+](=O)[O-])cc2)CC1. The average Bonchev–Trinajstić information content (AvgIpc) is 3.29. The molecule has 1 aliphatic heterocycles. The molecule has 0 bridgehead atoms. The summed E-state index contributed by atoms with van der Waals surface area (Å²) in [6, 6.07) is 15.7. The number of rotatable bonds is 4. The van der Waals surface area contributed by atoms with Gasteiger partial charge in [0.2, 0.25) is 0 Å². The first-order valence-electron chi connectivity index (χ1n) is 9.26. The summed E-state index contributed by atoms with van der Waals surface area (Å²) >= 11 is 0. The standard InChI is InChI=1S/C20H20N6O3/c27-20(22-18-4-1-2-5-19(18)25-11-3-10-21-25)24-14-12-23(13-15-24)16-6-8-17(9-7-16)26(28)29/h1-11H,12-15H2,(H,22,27). The van der Waals surface area contributed by atoms with Crippen LogP contribution in [0.25, 0.3) is 5.69 Å². The molecule has 0 aliphatic carbocycles.